The van der Waals surface area contributed by atoms with Gasteiger partial charge in [0.2, 0.25) is 0 Å². The summed E-state index contributed by atoms with van der Waals surface area (Å²) in [5.74, 6) is 1.11. The minimum Gasteiger partial charge on any atom is -0.381 e. The van der Waals surface area contributed by atoms with Crippen molar-refractivity contribution >= 4 is 23.4 Å². The Morgan fingerprint density at radius 3 is 2.69 bits per heavy atom. The molecule has 0 atom stereocenters. The molecule has 0 saturated carbocycles. The van der Waals surface area contributed by atoms with Gasteiger partial charge in [-0.1, -0.05) is 0 Å². The van der Waals surface area contributed by atoms with Gasteiger partial charge in [0.15, 0.2) is 10.8 Å². The SMILES string of the molecule is C[n+]1c(N)cccc1Sc1nccnc1N. The average Bonchev–Trinajstić information content (AvgIpc) is 2.28. The summed E-state index contributed by atoms with van der Waals surface area (Å²) in [7, 11) is 1.89. The quantitative estimate of drug-likeness (QED) is 0.744. The van der Waals surface area contributed by atoms with Crippen LogP contribution in [0.4, 0.5) is 11.6 Å². The molecule has 5 nitrogen and oxygen atoms in total. The van der Waals surface area contributed by atoms with E-state index >= 15 is 0 Å². The van der Waals surface area contributed by atoms with Crippen molar-refractivity contribution in [2.45, 2.75) is 10.1 Å². The molecule has 82 valence electrons. The Balaban J connectivity index is 2.35. The van der Waals surface area contributed by atoms with Crippen molar-refractivity contribution in [1.82, 2.24) is 9.97 Å². The topological polar surface area (TPSA) is 81.7 Å². The second kappa shape index (κ2) is 4.36. The van der Waals surface area contributed by atoms with Crippen molar-refractivity contribution in [3.8, 4) is 0 Å². The maximum Gasteiger partial charge on any atom is 0.272 e. The van der Waals surface area contributed by atoms with Gasteiger partial charge >= 0.3 is 0 Å². The molecule has 2 heterocycles. The first-order valence-electron chi connectivity index (χ1n) is 4.67. The van der Waals surface area contributed by atoms with Gasteiger partial charge in [0.1, 0.15) is 5.03 Å². The number of pyridine rings is 1. The van der Waals surface area contributed by atoms with Crippen molar-refractivity contribution < 1.29 is 4.57 Å². The molecule has 0 aliphatic carbocycles. The van der Waals surface area contributed by atoms with Gasteiger partial charge in [-0.05, 0) is 23.9 Å². The standard InChI is InChI=1S/C10H11N5S/c1-15-7(11)3-2-4-8(15)16-10-9(12)13-5-6-14-10/h2-6,11H,1H3,(H2,12,13)/p+1. The smallest absolute Gasteiger partial charge is 0.272 e. The fourth-order valence-electron chi connectivity index (χ4n) is 1.20. The average molecular weight is 234 g/mol. The first kappa shape index (κ1) is 10.7. The largest absolute Gasteiger partial charge is 0.381 e. The zero-order valence-corrected chi connectivity index (χ0v) is 9.61. The number of anilines is 2. The molecule has 4 N–H and O–H groups in total. The Kier molecular flexibility index (Phi) is 2.91. The lowest BCUT2D eigenvalue weighted by molar-refractivity contribution is -0.694. The van der Waals surface area contributed by atoms with Gasteiger partial charge in [0.05, 0.1) is 7.05 Å². The van der Waals surface area contributed by atoms with E-state index in [0.29, 0.717) is 16.7 Å². The molecule has 0 bridgehead atoms. The van der Waals surface area contributed by atoms with Crippen LogP contribution in [0.15, 0.2) is 40.6 Å². The molecule has 0 aromatic carbocycles. The minimum absolute atomic E-state index is 0.426. The van der Waals surface area contributed by atoms with Gasteiger partial charge in [-0.3, -0.25) is 5.73 Å². The second-order valence-electron chi connectivity index (χ2n) is 3.20. The van der Waals surface area contributed by atoms with E-state index in [1.165, 1.54) is 11.8 Å². The van der Waals surface area contributed by atoms with E-state index in [4.69, 9.17) is 11.5 Å². The van der Waals surface area contributed by atoms with E-state index in [1.807, 2.05) is 29.8 Å². The molecule has 2 aromatic heterocycles. The molecule has 0 radical (unpaired) electrons. The molecule has 6 heteroatoms. The fraction of sp³-hybridized carbons (Fsp3) is 0.100. The van der Waals surface area contributed by atoms with E-state index in [1.54, 1.807) is 12.4 Å². The predicted molar refractivity (Wildman–Crippen MR) is 62.6 cm³/mol. The molecule has 2 rings (SSSR count). The van der Waals surface area contributed by atoms with Crippen molar-refractivity contribution in [2.24, 2.45) is 7.05 Å². The first-order valence-corrected chi connectivity index (χ1v) is 5.49. The van der Waals surface area contributed by atoms with E-state index in [2.05, 4.69) is 9.97 Å². The maximum atomic E-state index is 5.79. The van der Waals surface area contributed by atoms with Crippen molar-refractivity contribution in [2.75, 3.05) is 11.5 Å². The van der Waals surface area contributed by atoms with Crippen LogP contribution in [0.2, 0.25) is 0 Å². The second-order valence-corrected chi connectivity index (χ2v) is 4.21. The van der Waals surface area contributed by atoms with Gasteiger partial charge in [-0.2, -0.15) is 0 Å². The third-order valence-corrected chi connectivity index (χ3v) is 3.24. The van der Waals surface area contributed by atoms with Crippen molar-refractivity contribution in [3.63, 3.8) is 0 Å². The lowest BCUT2D eigenvalue weighted by atomic mass is 10.4. The van der Waals surface area contributed by atoms with Crippen LogP contribution in [0.3, 0.4) is 0 Å². The summed E-state index contributed by atoms with van der Waals surface area (Å²) in [6.45, 7) is 0. The molecule has 0 aliphatic rings. The van der Waals surface area contributed by atoms with Crippen LogP contribution in [0.5, 0.6) is 0 Å². The lowest BCUT2D eigenvalue weighted by Gasteiger charge is -2.04. The van der Waals surface area contributed by atoms with Crippen molar-refractivity contribution in [1.29, 1.82) is 0 Å². The van der Waals surface area contributed by atoms with E-state index in [-0.39, 0.29) is 0 Å². The molecular weight excluding hydrogens is 222 g/mol. The highest BCUT2D eigenvalue weighted by Crippen LogP contribution is 2.26. The van der Waals surface area contributed by atoms with E-state index in [9.17, 15) is 0 Å². The lowest BCUT2D eigenvalue weighted by Crippen LogP contribution is -2.34. The summed E-state index contributed by atoms with van der Waals surface area (Å²) in [4.78, 5) is 8.15. The minimum atomic E-state index is 0.426. The summed E-state index contributed by atoms with van der Waals surface area (Å²) in [6.07, 6.45) is 3.18. The Labute approximate surface area is 97.5 Å². The third-order valence-electron chi connectivity index (χ3n) is 2.12. The van der Waals surface area contributed by atoms with Crippen LogP contribution in [-0.2, 0) is 7.05 Å². The molecule has 0 aliphatic heterocycles. The van der Waals surface area contributed by atoms with Crippen LogP contribution in [0.1, 0.15) is 0 Å². The highest BCUT2D eigenvalue weighted by molar-refractivity contribution is 7.99. The monoisotopic (exact) mass is 234 g/mol. The molecule has 0 spiro atoms. The van der Waals surface area contributed by atoms with Crippen molar-refractivity contribution in [3.05, 3.63) is 30.6 Å². The fourth-order valence-corrected chi connectivity index (χ4v) is 2.05. The van der Waals surface area contributed by atoms with Gasteiger partial charge in [-0.25, -0.2) is 14.5 Å². The summed E-state index contributed by atoms with van der Waals surface area (Å²) in [5, 5.41) is 1.65. The van der Waals surface area contributed by atoms with Crippen LogP contribution >= 0.6 is 11.8 Å². The molecule has 0 fully saturated rings. The number of nitrogens with zero attached hydrogens (tertiary/aromatic N) is 3. The maximum absolute atomic E-state index is 5.79. The highest BCUT2D eigenvalue weighted by Gasteiger charge is 2.10. The summed E-state index contributed by atoms with van der Waals surface area (Å²) in [5.41, 5.74) is 11.5. The number of hydrogen-bond donors (Lipinski definition) is 2. The number of nitrogens with two attached hydrogens (primary N) is 2. The van der Waals surface area contributed by atoms with Crippen LogP contribution in [-0.4, -0.2) is 9.97 Å². The van der Waals surface area contributed by atoms with Crippen LogP contribution < -0.4 is 16.0 Å². The first-order chi connectivity index (χ1) is 7.68. The van der Waals surface area contributed by atoms with Gasteiger partial charge < -0.3 is 5.73 Å². The number of hydrogen-bond acceptors (Lipinski definition) is 5. The Morgan fingerprint density at radius 1 is 1.19 bits per heavy atom. The number of nitrogen functional groups attached to an aromatic ring is 2. The zero-order valence-electron chi connectivity index (χ0n) is 8.79. The molecule has 0 amide bonds. The highest BCUT2D eigenvalue weighted by atomic mass is 32.2. The Hall–Kier alpha value is -1.82. The number of rotatable bonds is 2. The van der Waals surface area contributed by atoms with Crippen LogP contribution in [0, 0.1) is 0 Å². The number of aromatic nitrogens is 3. The summed E-state index contributed by atoms with van der Waals surface area (Å²) < 4.78 is 1.87. The third kappa shape index (κ3) is 2.06. The molecule has 2 aromatic rings. The molecule has 0 unspecified atom stereocenters. The molecule has 0 saturated heterocycles. The predicted octanol–water partition coefficient (Wildman–Crippen LogP) is 0.617. The summed E-state index contributed by atoms with van der Waals surface area (Å²) >= 11 is 1.44. The van der Waals surface area contributed by atoms with Crippen LogP contribution in [0.25, 0.3) is 0 Å². The Bertz CT molecular complexity index is 514. The van der Waals surface area contributed by atoms with E-state index in [0.717, 1.165) is 5.03 Å². The van der Waals surface area contributed by atoms with Gasteiger partial charge in [-0.15, -0.1) is 0 Å². The zero-order chi connectivity index (χ0) is 11.5. The van der Waals surface area contributed by atoms with E-state index < -0.39 is 0 Å². The van der Waals surface area contributed by atoms with Gasteiger partial charge in [0, 0.05) is 18.5 Å². The Morgan fingerprint density at radius 2 is 1.94 bits per heavy atom. The molecular formula is C10H12N5S+. The van der Waals surface area contributed by atoms with Gasteiger partial charge in [0.25, 0.3) is 5.82 Å². The molecule has 16 heavy (non-hydrogen) atoms. The normalized spacial score (nSPS) is 10.3. The summed E-state index contributed by atoms with van der Waals surface area (Å²) in [6, 6.07) is 5.68.